The van der Waals surface area contributed by atoms with Crippen LogP contribution in [0.2, 0.25) is 0 Å². The van der Waals surface area contributed by atoms with Crippen molar-refractivity contribution in [3.8, 4) is 0 Å². The molecule has 2 nitrogen and oxygen atoms in total. The number of nitrogens with zero attached hydrogens (tertiary/aromatic N) is 1. The van der Waals surface area contributed by atoms with Gasteiger partial charge in [-0.05, 0) is 37.4 Å². The van der Waals surface area contributed by atoms with E-state index in [2.05, 4.69) is 66.3 Å². The van der Waals surface area contributed by atoms with Crippen LogP contribution < -0.4 is 5.32 Å². The van der Waals surface area contributed by atoms with E-state index in [1.165, 1.54) is 30.0 Å². The largest absolute Gasteiger partial charge is 0.312 e. The first-order chi connectivity index (χ1) is 9.81. The third-order valence-electron chi connectivity index (χ3n) is 4.83. The molecular weight excluding hydrogens is 264 g/mol. The van der Waals surface area contributed by atoms with Crippen LogP contribution in [0.4, 0.5) is 0 Å². The zero-order valence-electron chi connectivity index (χ0n) is 12.6. The zero-order valence-corrected chi connectivity index (χ0v) is 13.4. The van der Waals surface area contributed by atoms with Crippen molar-refractivity contribution in [2.24, 2.45) is 5.92 Å². The number of hydrogen-bond donors (Lipinski definition) is 1. The van der Waals surface area contributed by atoms with Gasteiger partial charge in [0.05, 0.1) is 0 Å². The monoisotopic (exact) mass is 290 g/mol. The predicted molar refractivity (Wildman–Crippen MR) is 88.5 cm³/mol. The first kappa shape index (κ1) is 14.4. The lowest BCUT2D eigenvalue weighted by atomic mass is 9.99. The van der Waals surface area contributed by atoms with Gasteiger partial charge in [0.1, 0.15) is 0 Å². The summed E-state index contributed by atoms with van der Waals surface area (Å²) in [7, 11) is 2.30. The first-order valence-corrected chi connectivity index (χ1v) is 9.03. The van der Waals surface area contributed by atoms with Gasteiger partial charge >= 0.3 is 0 Å². The number of likely N-dealkylation sites (N-methyl/N-ethyl adjacent to an activating group) is 2. The molecule has 4 unspecified atom stereocenters. The van der Waals surface area contributed by atoms with E-state index in [-0.39, 0.29) is 0 Å². The highest BCUT2D eigenvalue weighted by atomic mass is 32.2. The van der Waals surface area contributed by atoms with Crippen LogP contribution in [0, 0.1) is 5.92 Å². The second kappa shape index (κ2) is 6.50. The molecule has 20 heavy (non-hydrogen) atoms. The minimum Gasteiger partial charge on any atom is -0.312 e. The average Bonchev–Trinajstić information content (AvgIpc) is 3.27. The van der Waals surface area contributed by atoms with E-state index in [0.717, 1.165) is 18.4 Å². The third kappa shape index (κ3) is 3.05. The van der Waals surface area contributed by atoms with Crippen LogP contribution in [0.3, 0.4) is 0 Å². The summed E-state index contributed by atoms with van der Waals surface area (Å²) in [5.41, 5.74) is 1.53. The van der Waals surface area contributed by atoms with Gasteiger partial charge in [0.15, 0.2) is 0 Å². The van der Waals surface area contributed by atoms with Crippen molar-refractivity contribution in [1.82, 2.24) is 10.2 Å². The molecule has 0 bridgehead atoms. The van der Waals surface area contributed by atoms with Gasteiger partial charge in [-0.25, -0.2) is 0 Å². The molecule has 1 N–H and O–H groups in total. The summed E-state index contributed by atoms with van der Waals surface area (Å²) in [4.78, 5) is 2.57. The molecule has 1 aromatic rings. The van der Waals surface area contributed by atoms with Crippen LogP contribution in [0.25, 0.3) is 0 Å². The van der Waals surface area contributed by atoms with Crippen molar-refractivity contribution in [3.05, 3.63) is 35.9 Å². The van der Waals surface area contributed by atoms with E-state index in [1.807, 2.05) is 0 Å². The lowest BCUT2D eigenvalue weighted by molar-refractivity contribution is 0.201. The second-order valence-electron chi connectivity index (χ2n) is 6.12. The van der Waals surface area contributed by atoms with E-state index < -0.39 is 0 Å². The minimum absolute atomic E-state index is 0.656. The molecule has 0 amide bonds. The van der Waals surface area contributed by atoms with E-state index in [4.69, 9.17) is 0 Å². The summed E-state index contributed by atoms with van der Waals surface area (Å²) < 4.78 is 0. The highest BCUT2D eigenvalue weighted by Crippen LogP contribution is 2.50. The van der Waals surface area contributed by atoms with Crippen molar-refractivity contribution < 1.29 is 0 Å². The molecule has 4 atom stereocenters. The standard InChI is InChI=1S/C17H26N2S/c1-3-18-17(16-12-20-10-9-19(16)2)15-11-14(15)13-7-5-4-6-8-13/h4-8,14-18H,3,9-12H2,1-2H3. The molecule has 110 valence electrons. The Morgan fingerprint density at radius 2 is 2.15 bits per heavy atom. The molecule has 1 aliphatic heterocycles. The summed E-state index contributed by atoms with van der Waals surface area (Å²) >= 11 is 2.12. The minimum atomic E-state index is 0.656. The number of nitrogens with one attached hydrogen (secondary N) is 1. The molecule has 3 heteroatoms. The van der Waals surface area contributed by atoms with Crippen LogP contribution >= 0.6 is 11.8 Å². The Bertz CT molecular complexity index is 422. The fraction of sp³-hybridized carbons (Fsp3) is 0.647. The van der Waals surface area contributed by atoms with Crippen LogP contribution in [-0.2, 0) is 0 Å². The number of thioether (sulfide) groups is 1. The van der Waals surface area contributed by atoms with Gasteiger partial charge in [0.2, 0.25) is 0 Å². The Hall–Kier alpha value is -0.510. The highest BCUT2D eigenvalue weighted by Gasteiger charge is 2.47. The lowest BCUT2D eigenvalue weighted by Gasteiger charge is -2.38. The first-order valence-electron chi connectivity index (χ1n) is 7.87. The molecule has 1 saturated heterocycles. The van der Waals surface area contributed by atoms with Gasteiger partial charge in [-0.2, -0.15) is 11.8 Å². The maximum atomic E-state index is 3.79. The normalized spacial score (nSPS) is 32.0. The van der Waals surface area contributed by atoms with Crippen LogP contribution in [0.1, 0.15) is 24.8 Å². The maximum absolute atomic E-state index is 3.79. The van der Waals surface area contributed by atoms with Crippen LogP contribution in [0.5, 0.6) is 0 Å². The molecule has 1 heterocycles. The summed E-state index contributed by atoms with van der Waals surface area (Å²) in [6.45, 7) is 4.56. The van der Waals surface area contributed by atoms with Crippen molar-refractivity contribution in [3.63, 3.8) is 0 Å². The molecule has 0 spiro atoms. The van der Waals surface area contributed by atoms with Crippen LogP contribution in [-0.4, -0.2) is 48.6 Å². The van der Waals surface area contributed by atoms with Crippen molar-refractivity contribution in [1.29, 1.82) is 0 Å². The molecule has 2 fully saturated rings. The van der Waals surface area contributed by atoms with Crippen molar-refractivity contribution in [2.45, 2.75) is 31.3 Å². The Morgan fingerprint density at radius 1 is 1.35 bits per heavy atom. The van der Waals surface area contributed by atoms with Gasteiger partial charge in [-0.1, -0.05) is 37.3 Å². The quantitative estimate of drug-likeness (QED) is 0.898. The Morgan fingerprint density at radius 3 is 2.85 bits per heavy atom. The molecule has 0 aromatic heterocycles. The topological polar surface area (TPSA) is 15.3 Å². The van der Waals surface area contributed by atoms with E-state index in [0.29, 0.717) is 12.1 Å². The van der Waals surface area contributed by atoms with Crippen molar-refractivity contribution >= 4 is 11.8 Å². The molecule has 1 saturated carbocycles. The summed E-state index contributed by atoms with van der Waals surface area (Å²) in [6, 6.07) is 12.4. The number of hydrogen-bond acceptors (Lipinski definition) is 3. The Kier molecular flexibility index (Phi) is 4.69. The zero-order chi connectivity index (χ0) is 13.9. The fourth-order valence-electron chi connectivity index (χ4n) is 3.59. The Balaban J connectivity index is 1.69. The second-order valence-corrected chi connectivity index (χ2v) is 7.27. The molecule has 1 aromatic carbocycles. The third-order valence-corrected chi connectivity index (χ3v) is 5.87. The maximum Gasteiger partial charge on any atom is 0.0340 e. The lowest BCUT2D eigenvalue weighted by Crippen LogP contribution is -2.54. The van der Waals surface area contributed by atoms with Crippen LogP contribution in [0.15, 0.2) is 30.3 Å². The fourth-order valence-corrected chi connectivity index (χ4v) is 4.87. The van der Waals surface area contributed by atoms with E-state index in [9.17, 15) is 0 Å². The molecule has 0 radical (unpaired) electrons. The predicted octanol–water partition coefficient (Wildman–Crippen LogP) is 2.82. The number of rotatable bonds is 5. The van der Waals surface area contributed by atoms with Crippen molar-refractivity contribution in [2.75, 3.05) is 31.6 Å². The SMILES string of the molecule is CCNC(C1CC1c1ccccc1)C1CSCCN1C. The molecule has 3 rings (SSSR count). The number of benzene rings is 1. The molecule has 1 aliphatic carbocycles. The van der Waals surface area contributed by atoms with E-state index >= 15 is 0 Å². The molecule has 2 aliphatic rings. The van der Waals surface area contributed by atoms with Gasteiger partial charge in [-0.15, -0.1) is 0 Å². The molecular formula is C17H26N2S. The summed E-state index contributed by atoms with van der Waals surface area (Å²) in [5.74, 6) is 4.18. The van der Waals surface area contributed by atoms with E-state index in [1.54, 1.807) is 0 Å². The van der Waals surface area contributed by atoms with Gasteiger partial charge in [0, 0.05) is 30.1 Å². The Labute approximate surface area is 127 Å². The van der Waals surface area contributed by atoms with Gasteiger partial charge in [-0.3, -0.25) is 0 Å². The highest BCUT2D eigenvalue weighted by molar-refractivity contribution is 7.99. The van der Waals surface area contributed by atoms with Gasteiger partial charge < -0.3 is 10.2 Å². The summed E-state index contributed by atoms with van der Waals surface area (Å²) in [5, 5.41) is 3.79. The summed E-state index contributed by atoms with van der Waals surface area (Å²) in [6.07, 6.45) is 1.36. The smallest absolute Gasteiger partial charge is 0.0340 e. The van der Waals surface area contributed by atoms with Gasteiger partial charge in [0.25, 0.3) is 0 Å². The average molecular weight is 290 g/mol.